The number of anilines is 2. The second kappa shape index (κ2) is 8.59. The van der Waals surface area contributed by atoms with Gasteiger partial charge in [-0.3, -0.25) is 10.1 Å². The van der Waals surface area contributed by atoms with Gasteiger partial charge < -0.3 is 5.32 Å². The van der Waals surface area contributed by atoms with Crippen molar-refractivity contribution in [3.05, 3.63) is 58.1 Å². The molecule has 1 fully saturated rings. The van der Waals surface area contributed by atoms with Crippen LogP contribution in [0.1, 0.15) is 25.3 Å². The zero-order valence-corrected chi connectivity index (χ0v) is 16.9. The standard InChI is InChI=1S/C20H22N4O4S/c1-15-3-2-12-23(14-15)29(27,28)18-8-9-19(20(13-18)24(25)26)22-17-6-4-16(5-7-17)10-11-21/h4-9,13,15,22H,2-3,10,12,14H2,1H3/t15-/m1/s1. The summed E-state index contributed by atoms with van der Waals surface area (Å²) in [6, 6.07) is 12.9. The second-order valence-corrected chi connectivity index (χ2v) is 9.14. The SMILES string of the molecule is C[C@@H]1CCCN(S(=O)(=O)c2ccc(Nc3ccc(CC#N)cc3)c([N+](=O)[O-])c2)C1. The van der Waals surface area contributed by atoms with E-state index >= 15 is 0 Å². The fourth-order valence-electron chi connectivity index (χ4n) is 3.40. The van der Waals surface area contributed by atoms with Crippen LogP contribution in [0.4, 0.5) is 17.1 Å². The average molecular weight is 414 g/mol. The highest BCUT2D eigenvalue weighted by Gasteiger charge is 2.30. The number of nitro groups is 1. The molecule has 1 saturated heterocycles. The molecule has 0 aromatic heterocycles. The Labute approximate surface area is 170 Å². The van der Waals surface area contributed by atoms with Gasteiger partial charge in [0.05, 0.1) is 22.3 Å². The molecular weight excluding hydrogens is 392 g/mol. The zero-order chi connectivity index (χ0) is 21.0. The van der Waals surface area contributed by atoms with Crippen molar-refractivity contribution in [1.82, 2.24) is 4.31 Å². The first-order chi connectivity index (χ1) is 13.8. The van der Waals surface area contributed by atoms with E-state index in [1.165, 1.54) is 16.4 Å². The second-order valence-electron chi connectivity index (χ2n) is 7.20. The van der Waals surface area contributed by atoms with Crippen molar-refractivity contribution in [3.8, 4) is 6.07 Å². The number of hydrogen-bond donors (Lipinski definition) is 1. The van der Waals surface area contributed by atoms with Crippen LogP contribution in [0.25, 0.3) is 0 Å². The molecule has 8 nitrogen and oxygen atoms in total. The largest absolute Gasteiger partial charge is 0.350 e. The van der Waals surface area contributed by atoms with E-state index in [1.807, 2.05) is 6.92 Å². The molecule has 152 valence electrons. The van der Waals surface area contributed by atoms with Gasteiger partial charge in [0.2, 0.25) is 10.0 Å². The lowest BCUT2D eigenvalue weighted by atomic mass is 10.0. The van der Waals surface area contributed by atoms with Gasteiger partial charge in [0.1, 0.15) is 5.69 Å². The Morgan fingerprint density at radius 1 is 1.28 bits per heavy atom. The van der Waals surface area contributed by atoms with E-state index < -0.39 is 14.9 Å². The third kappa shape index (κ3) is 4.72. The van der Waals surface area contributed by atoms with E-state index in [4.69, 9.17) is 5.26 Å². The summed E-state index contributed by atoms with van der Waals surface area (Å²) in [5, 5.41) is 23.3. The number of benzene rings is 2. The van der Waals surface area contributed by atoms with Crippen LogP contribution in [0.15, 0.2) is 47.4 Å². The van der Waals surface area contributed by atoms with Crippen LogP contribution in [0, 0.1) is 27.4 Å². The van der Waals surface area contributed by atoms with Crippen molar-refractivity contribution in [1.29, 1.82) is 5.26 Å². The topological polar surface area (TPSA) is 116 Å². The van der Waals surface area contributed by atoms with E-state index in [0.717, 1.165) is 24.5 Å². The average Bonchev–Trinajstić information content (AvgIpc) is 2.69. The fraction of sp³-hybridized carbons (Fsp3) is 0.350. The first kappa shape index (κ1) is 20.8. The lowest BCUT2D eigenvalue weighted by Crippen LogP contribution is -2.39. The highest BCUT2D eigenvalue weighted by atomic mass is 32.2. The molecule has 1 N–H and O–H groups in total. The summed E-state index contributed by atoms with van der Waals surface area (Å²) in [4.78, 5) is 10.9. The highest BCUT2D eigenvalue weighted by Crippen LogP contribution is 2.32. The van der Waals surface area contributed by atoms with E-state index in [-0.39, 0.29) is 28.6 Å². The van der Waals surface area contributed by atoms with Crippen molar-refractivity contribution >= 4 is 27.1 Å². The molecule has 2 aromatic carbocycles. The van der Waals surface area contributed by atoms with Crippen LogP contribution in [0.3, 0.4) is 0 Å². The molecule has 2 aromatic rings. The molecule has 0 amide bonds. The van der Waals surface area contributed by atoms with Gasteiger partial charge in [0.25, 0.3) is 5.69 Å². The molecule has 3 rings (SSSR count). The van der Waals surface area contributed by atoms with Crippen LogP contribution in [-0.2, 0) is 16.4 Å². The number of nitrogens with zero attached hydrogens (tertiary/aromatic N) is 3. The minimum Gasteiger partial charge on any atom is -0.350 e. The van der Waals surface area contributed by atoms with Crippen molar-refractivity contribution in [3.63, 3.8) is 0 Å². The molecule has 1 heterocycles. The molecule has 0 bridgehead atoms. The zero-order valence-electron chi connectivity index (χ0n) is 16.0. The molecule has 0 radical (unpaired) electrons. The minimum atomic E-state index is -3.78. The lowest BCUT2D eigenvalue weighted by molar-refractivity contribution is -0.384. The number of nitro benzene ring substituents is 1. The summed E-state index contributed by atoms with van der Waals surface area (Å²) < 4.78 is 27.3. The smallest absolute Gasteiger partial charge is 0.294 e. The molecule has 0 spiro atoms. The molecular formula is C20H22N4O4S. The maximum Gasteiger partial charge on any atom is 0.294 e. The van der Waals surface area contributed by atoms with Gasteiger partial charge in [0, 0.05) is 24.8 Å². The summed E-state index contributed by atoms with van der Waals surface area (Å²) >= 11 is 0. The molecule has 9 heteroatoms. The fourth-order valence-corrected chi connectivity index (χ4v) is 5.01. The molecule has 0 aliphatic carbocycles. The number of piperidine rings is 1. The third-order valence-corrected chi connectivity index (χ3v) is 6.80. The third-order valence-electron chi connectivity index (χ3n) is 4.94. The summed E-state index contributed by atoms with van der Waals surface area (Å²) in [5.74, 6) is 0.262. The van der Waals surface area contributed by atoms with Crippen molar-refractivity contribution in [2.75, 3.05) is 18.4 Å². The molecule has 0 saturated carbocycles. The van der Waals surface area contributed by atoms with Crippen molar-refractivity contribution < 1.29 is 13.3 Å². The Bertz CT molecular complexity index is 1050. The van der Waals surface area contributed by atoms with Gasteiger partial charge in [-0.1, -0.05) is 19.1 Å². The maximum absolute atomic E-state index is 12.9. The normalized spacial score (nSPS) is 17.4. The lowest BCUT2D eigenvalue weighted by Gasteiger charge is -2.30. The Hall–Kier alpha value is -2.96. The number of hydrogen-bond acceptors (Lipinski definition) is 6. The summed E-state index contributed by atoms with van der Waals surface area (Å²) in [5.41, 5.74) is 1.34. The number of nitrogens with one attached hydrogen (secondary N) is 1. The number of nitriles is 1. The number of sulfonamides is 1. The molecule has 1 aliphatic heterocycles. The maximum atomic E-state index is 12.9. The first-order valence-electron chi connectivity index (χ1n) is 9.33. The van der Waals surface area contributed by atoms with Crippen LogP contribution < -0.4 is 5.32 Å². The molecule has 0 unspecified atom stereocenters. The van der Waals surface area contributed by atoms with Crippen LogP contribution in [-0.4, -0.2) is 30.7 Å². The van der Waals surface area contributed by atoms with Crippen molar-refractivity contribution in [2.45, 2.75) is 31.1 Å². The molecule has 29 heavy (non-hydrogen) atoms. The quantitative estimate of drug-likeness (QED) is 0.567. The van der Waals surface area contributed by atoms with E-state index in [9.17, 15) is 18.5 Å². The number of rotatable bonds is 6. The van der Waals surface area contributed by atoms with Crippen molar-refractivity contribution in [2.24, 2.45) is 5.92 Å². The first-order valence-corrected chi connectivity index (χ1v) is 10.8. The van der Waals surface area contributed by atoms with E-state index in [0.29, 0.717) is 18.8 Å². The summed E-state index contributed by atoms with van der Waals surface area (Å²) in [7, 11) is -3.78. The molecule has 1 atom stereocenters. The molecule has 1 aliphatic rings. The van der Waals surface area contributed by atoms with Gasteiger partial charge in [0.15, 0.2) is 0 Å². The summed E-state index contributed by atoms with van der Waals surface area (Å²) in [6.45, 7) is 2.85. The van der Waals surface area contributed by atoms with Crippen LogP contribution >= 0.6 is 0 Å². The van der Waals surface area contributed by atoms with Gasteiger partial charge >= 0.3 is 0 Å². The highest BCUT2D eigenvalue weighted by molar-refractivity contribution is 7.89. The van der Waals surface area contributed by atoms with Gasteiger partial charge in [-0.25, -0.2) is 8.42 Å². The van der Waals surface area contributed by atoms with Crippen LogP contribution in [0.5, 0.6) is 0 Å². The monoisotopic (exact) mass is 414 g/mol. The van der Waals surface area contributed by atoms with Gasteiger partial charge in [-0.2, -0.15) is 9.57 Å². The van der Waals surface area contributed by atoms with Gasteiger partial charge in [-0.05, 0) is 48.6 Å². The Balaban J connectivity index is 1.89. The predicted octanol–water partition coefficient (Wildman–Crippen LogP) is 3.83. The van der Waals surface area contributed by atoms with Crippen LogP contribution in [0.2, 0.25) is 0 Å². The Morgan fingerprint density at radius 2 is 2.00 bits per heavy atom. The predicted molar refractivity (Wildman–Crippen MR) is 109 cm³/mol. The summed E-state index contributed by atoms with van der Waals surface area (Å²) in [6.07, 6.45) is 2.04. The van der Waals surface area contributed by atoms with E-state index in [2.05, 4.69) is 11.4 Å². The van der Waals surface area contributed by atoms with Gasteiger partial charge in [-0.15, -0.1) is 0 Å². The Kier molecular flexibility index (Phi) is 6.15. The van der Waals surface area contributed by atoms with E-state index in [1.54, 1.807) is 24.3 Å². The minimum absolute atomic E-state index is 0.0757. The Morgan fingerprint density at radius 3 is 2.62 bits per heavy atom.